The van der Waals surface area contributed by atoms with Crippen LogP contribution in [0, 0.1) is 5.92 Å². The summed E-state index contributed by atoms with van der Waals surface area (Å²) in [5.41, 5.74) is 4.51. The van der Waals surface area contributed by atoms with Crippen molar-refractivity contribution in [2.24, 2.45) is 48.2 Å². The fraction of sp³-hybridized carbons (Fsp3) is 0.233. The minimum absolute atomic E-state index is 0.00873. The molecule has 90 heavy (non-hydrogen) atoms. The molecule has 2 fully saturated rings. The molecule has 2 aliphatic carbocycles. The summed E-state index contributed by atoms with van der Waals surface area (Å²) in [6, 6.07) is 17.4. The van der Waals surface area contributed by atoms with Crippen LogP contribution in [0.4, 0.5) is 40.3 Å². The number of nitrogens with one attached hydrogen (secondary N) is 9. The van der Waals surface area contributed by atoms with Gasteiger partial charge in [-0.2, -0.15) is 0 Å². The molecule has 3 aliphatic rings. The molecule has 1 aliphatic heterocycles. The third kappa shape index (κ3) is 11.1. The van der Waals surface area contributed by atoms with Crippen molar-refractivity contribution in [2.75, 3.05) is 50.3 Å². The number of nitrogens with zero attached hydrogens (tertiary/aromatic N) is 11. The van der Waals surface area contributed by atoms with Gasteiger partial charge >= 0.3 is 0 Å². The summed E-state index contributed by atoms with van der Waals surface area (Å²) in [7, 11) is 9.53. The number of aromatic amines is 1. The minimum Gasteiger partial charge on any atom is -0.351 e. The lowest BCUT2D eigenvalue weighted by Crippen LogP contribution is -2.33. The van der Waals surface area contributed by atoms with E-state index >= 15 is 0 Å². The van der Waals surface area contributed by atoms with Gasteiger partial charge in [0.05, 0.1) is 11.4 Å². The highest BCUT2D eigenvalue weighted by Crippen LogP contribution is 2.66. The fourth-order valence-corrected chi connectivity index (χ4v) is 11.6. The van der Waals surface area contributed by atoms with E-state index in [-0.39, 0.29) is 112 Å². The van der Waals surface area contributed by atoms with Crippen molar-refractivity contribution in [2.45, 2.75) is 31.6 Å². The summed E-state index contributed by atoms with van der Waals surface area (Å²) in [4.78, 5) is 153. The van der Waals surface area contributed by atoms with Crippen molar-refractivity contribution in [3.63, 3.8) is 0 Å². The van der Waals surface area contributed by atoms with E-state index in [0.29, 0.717) is 40.1 Å². The number of hydrogen-bond acceptors (Lipinski definition) is 14. The normalized spacial score (nSPS) is 15.3. The van der Waals surface area contributed by atoms with Crippen LogP contribution in [0.2, 0.25) is 0 Å². The molecule has 7 aromatic heterocycles. The van der Waals surface area contributed by atoms with E-state index in [2.05, 4.69) is 67.5 Å². The van der Waals surface area contributed by atoms with E-state index in [1.807, 2.05) is 24.3 Å². The number of likely N-dealkylation sites (tertiary alicyclic amines) is 1. The van der Waals surface area contributed by atoms with Gasteiger partial charge in [0, 0.05) is 145 Å². The molecule has 9 N–H and O–H groups in total. The van der Waals surface area contributed by atoms with Crippen LogP contribution in [0.3, 0.4) is 0 Å². The number of fused-ring (bicyclic) bond motifs is 2. The topological polar surface area (TPSA) is 367 Å². The monoisotopic (exact) mass is 1220 g/mol. The van der Waals surface area contributed by atoms with Crippen LogP contribution in [-0.4, -0.2) is 129 Å². The number of H-pyrrole nitrogens is 1. The molecule has 2 unspecified atom stereocenters. The number of hydrogen-bond donors (Lipinski definition) is 9. The van der Waals surface area contributed by atoms with E-state index in [4.69, 9.17) is 0 Å². The van der Waals surface area contributed by atoms with Crippen LogP contribution in [0.5, 0.6) is 0 Å². The Labute approximate surface area is 510 Å². The second kappa shape index (κ2) is 22.7. The number of anilines is 7. The van der Waals surface area contributed by atoms with Gasteiger partial charge in [-0.05, 0) is 60.7 Å². The van der Waals surface area contributed by atoms with Crippen LogP contribution in [-0.2, 0) is 57.3 Å². The predicted octanol–water partition coefficient (Wildman–Crippen LogP) is 4.64. The van der Waals surface area contributed by atoms with Crippen molar-refractivity contribution in [1.29, 1.82) is 0 Å². The Hall–Kier alpha value is -12.0. The number of allylic oxidation sites excluding steroid dienone is 2. The van der Waals surface area contributed by atoms with Crippen molar-refractivity contribution in [3.05, 3.63) is 161 Å². The van der Waals surface area contributed by atoms with Crippen LogP contribution in [0.25, 0.3) is 10.9 Å². The van der Waals surface area contributed by atoms with E-state index < -0.39 is 41.4 Å². The average Bonchev–Trinajstić information content (AvgIpc) is 1.51. The first-order valence-electron chi connectivity index (χ1n) is 28.2. The summed E-state index contributed by atoms with van der Waals surface area (Å²) < 4.78 is 8.70. The van der Waals surface area contributed by atoms with Gasteiger partial charge in [0.25, 0.3) is 41.4 Å². The van der Waals surface area contributed by atoms with Gasteiger partial charge in [-0.3, -0.25) is 47.9 Å². The number of carbonyl (C=O) groups excluding carboxylic acids is 10. The maximum Gasteiger partial charge on any atom is 0.292 e. The molecule has 30 heteroatoms. The lowest BCUT2D eigenvalue weighted by Gasteiger charge is -2.29. The number of aromatic nitrogens is 11. The highest BCUT2D eigenvalue weighted by atomic mass is 16.2. The van der Waals surface area contributed by atoms with Crippen molar-refractivity contribution in [3.8, 4) is 0 Å². The van der Waals surface area contributed by atoms with Gasteiger partial charge < -0.3 is 79.8 Å². The summed E-state index contributed by atoms with van der Waals surface area (Å²) in [5, 5.41) is 22.1. The summed E-state index contributed by atoms with van der Waals surface area (Å²) >= 11 is 0. The van der Waals surface area contributed by atoms with E-state index in [1.54, 1.807) is 83.7 Å². The van der Waals surface area contributed by atoms with Gasteiger partial charge in [-0.15, -0.1) is 0 Å². The molecule has 1 saturated carbocycles. The van der Waals surface area contributed by atoms with Gasteiger partial charge in [-0.1, -0.05) is 24.3 Å². The molecular weight excluding hydrogens is 1160 g/mol. The van der Waals surface area contributed by atoms with Crippen molar-refractivity contribution < 1.29 is 47.9 Å². The first-order chi connectivity index (χ1) is 43.0. The van der Waals surface area contributed by atoms with Crippen molar-refractivity contribution >= 4 is 110 Å². The van der Waals surface area contributed by atoms with Crippen LogP contribution < -0.4 is 42.5 Å². The van der Waals surface area contributed by atoms with Crippen LogP contribution in [0.1, 0.15) is 116 Å². The Morgan fingerprint density at radius 3 is 1.64 bits per heavy atom. The Balaban J connectivity index is 0.580. The number of rotatable bonds is 18. The van der Waals surface area contributed by atoms with E-state index in [0.717, 1.165) is 17.7 Å². The number of carbonyl (C=O) groups is 10. The molecular formula is C60H58N20O10. The van der Waals surface area contributed by atoms with E-state index in [1.165, 1.54) is 77.4 Å². The fourth-order valence-electron chi connectivity index (χ4n) is 11.6. The molecule has 0 radical (unpaired) electrons. The SMILES string of the molecule is CC(=O)Nc1cn(C)c(C(=O)Nc2cn(C)c(C(=O)Nc3cc(C(=O)Nc4cc(C(=O)NCCCC(=O)Nc5cn(C)c(C(=O)Nc6cn(C)c(C(=O)Nc7ccc8[nH]c(C(=O)N9CC%10CC%10%11C9=CC(=O)c9ccccc9%11)cc8c7)n6)n5)n(C)c4)n(C)c3)n2)n1. The summed E-state index contributed by atoms with van der Waals surface area (Å²) in [6.45, 7) is 1.94. The average molecular weight is 1220 g/mol. The standard InChI is InChI=1S/C60H58N20O10/c1-30(81)62-44-26-76(4)51(68-44)57(88)72-47-29-79(7)50(71-47)56(87)65-35-20-41(75(3)25-35)54(85)64-34-19-40(74(2)24-34)53(84)61-16-10-13-48(83)67-45-27-77(5)52(69-45)58(89)73-46-28-78(6)49(70-46)55(86)63-33-14-15-38-31(17-33)18-39(66-38)59(90)80-23-32-22-60(32)37-12-9-8-11-36(37)42(82)21-43(60)80/h8-9,11-12,14-15,17-21,24-29,32,66H,10,13,16,22-23H2,1-7H3,(H,61,84)(H,62,81)(H,63,86)(H,64,85)(H,65,87)(H,67,83)(H,72,88)(H,73,89). The van der Waals surface area contributed by atoms with Crippen molar-refractivity contribution in [1.82, 2.24) is 62.5 Å². The molecule has 1 saturated heterocycles. The third-order valence-corrected chi connectivity index (χ3v) is 15.8. The Morgan fingerprint density at radius 2 is 1.07 bits per heavy atom. The lowest BCUT2D eigenvalue weighted by molar-refractivity contribution is -0.116. The molecule has 9 aromatic rings. The lowest BCUT2D eigenvalue weighted by atomic mass is 9.81. The zero-order valence-electron chi connectivity index (χ0n) is 49.4. The largest absolute Gasteiger partial charge is 0.351 e. The van der Waals surface area contributed by atoms with Gasteiger partial charge in [0.15, 0.2) is 29.1 Å². The quantitative estimate of drug-likeness (QED) is 0.0529. The second-order valence-corrected chi connectivity index (χ2v) is 22.3. The van der Waals surface area contributed by atoms with Crippen LogP contribution in [0.15, 0.2) is 110 Å². The number of aryl methyl sites for hydroxylation is 6. The predicted molar refractivity (Wildman–Crippen MR) is 326 cm³/mol. The zero-order chi connectivity index (χ0) is 63.6. The molecule has 1 spiro atoms. The summed E-state index contributed by atoms with van der Waals surface area (Å²) in [6.07, 6.45) is 11.6. The molecule has 12 rings (SSSR count). The number of amides is 9. The number of imidazole rings is 4. The Kier molecular flexibility index (Phi) is 14.7. The van der Waals surface area contributed by atoms with Gasteiger partial charge in [-0.25, -0.2) is 19.9 Å². The first kappa shape index (κ1) is 58.4. The third-order valence-electron chi connectivity index (χ3n) is 15.8. The molecule has 0 bridgehead atoms. The van der Waals surface area contributed by atoms with Gasteiger partial charge in [0.1, 0.15) is 17.1 Å². The Morgan fingerprint density at radius 1 is 0.556 bits per heavy atom. The minimum atomic E-state index is -0.669. The van der Waals surface area contributed by atoms with Gasteiger partial charge in [0.2, 0.25) is 35.1 Å². The number of ketones is 1. The molecule has 8 heterocycles. The van der Waals surface area contributed by atoms with E-state index in [9.17, 15) is 47.9 Å². The maximum atomic E-state index is 14.0. The maximum absolute atomic E-state index is 14.0. The van der Waals surface area contributed by atoms with Crippen LogP contribution >= 0.6 is 0 Å². The highest BCUT2D eigenvalue weighted by molar-refractivity contribution is 6.11. The molecule has 9 amide bonds. The molecule has 30 nitrogen and oxygen atoms in total. The number of piperidine rings is 1. The zero-order valence-corrected chi connectivity index (χ0v) is 49.4. The molecule has 458 valence electrons. The summed E-state index contributed by atoms with van der Waals surface area (Å²) in [5.74, 6) is -4.15. The second-order valence-electron chi connectivity index (χ2n) is 22.3. The number of benzene rings is 2. The Bertz CT molecular complexity index is 4600. The smallest absolute Gasteiger partial charge is 0.292 e. The highest BCUT2D eigenvalue weighted by Gasteiger charge is 2.67. The first-order valence-corrected chi connectivity index (χ1v) is 28.2. The molecule has 2 aromatic carbocycles. The molecule has 2 atom stereocenters.